The number of pyridine rings is 1. The number of thiocarbonyl (C=S) groups is 1. The Kier molecular flexibility index (Phi) is 8.19. The molecule has 1 N–H and O–H groups in total. The molecule has 0 radical (unpaired) electrons. The van der Waals surface area contributed by atoms with E-state index in [1.54, 1.807) is 0 Å². The molecular formula is C23H29N5S. The van der Waals surface area contributed by atoms with E-state index in [9.17, 15) is 0 Å². The third-order valence-electron chi connectivity index (χ3n) is 4.84. The van der Waals surface area contributed by atoms with Crippen LogP contribution in [0.4, 0.5) is 5.69 Å². The fourth-order valence-electron chi connectivity index (χ4n) is 3.16. The van der Waals surface area contributed by atoms with Gasteiger partial charge in [0, 0.05) is 50.1 Å². The third kappa shape index (κ3) is 6.98. The summed E-state index contributed by atoms with van der Waals surface area (Å²) in [6.07, 6.45) is 13.9. The van der Waals surface area contributed by atoms with Gasteiger partial charge in [-0.3, -0.25) is 4.98 Å². The van der Waals surface area contributed by atoms with Crippen molar-refractivity contribution in [3.63, 3.8) is 0 Å². The number of aromatic nitrogens is 3. The van der Waals surface area contributed by atoms with Gasteiger partial charge in [-0.05, 0) is 66.9 Å². The monoisotopic (exact) mass is 407 g/mol. The Morgan fingerprint density at radius 2 is 1.79 bits per heavy atom. The summed E-state index contributed by atoms with van der Waals surface area (Å²) in [4.78, 5) is 10.4. The summed E-state index contributed by atoms with van der Waals surface area (Å²) in [6, 6.07) is 12.7. The van der Waals surface area contributed by atoms with E-state index in [0.29, 0.717) is 0 Å². The molecule has 6 heteroatoms. The number of benzene rings is 1. The fraction of sp³-hybridized carbons (Fsp3) is 0.348. The molecule has 1 aromatic carbocycles. The van der Waals surface area contributed by atoms with Gasteiger partial charge in [-0.25, -0.2) is 4.98 Å². The number of anilines is 1. The average Bonchev–Trinajstić information content (AvgIpc) is 3.27. The Bertz CT molecular complexity index is 847. The topological polar surface area (TPSA) is 46.0 Å². The number of nitrogens with one attached hydrogen (secondary N) is 1. The average molecular weight is 408 g/mol. The van der Waals surface area contributed by atoms with Gasteiger partial charge in [-0.2, -0.15) is 0 Å². The molecule has 0 atom stereocenters. The normalized spacial score (nSPS) is 10.7. The highest BCUT2D eigenvalue weighted by Crippen LogP contribution is 2.14. The van der Waals surface area contributed by atoms with E-state index >= 15 is 0 Å². The number of hydrogen-bond donors (Lipinski definition) is 1. The van der Waals surface area contributed by atoms with Crippen LogP contribution in [0.15, 0.2) is 67.5 Å². The van der Waals surface area contributed by atoms with E-state index in [-0.39, 0.29) is 0 Å². The molecule has 0 bridgehead atoms. The van der Waals surface area contributed by atoms with Crippen molar-refractivity contribution in [2.45, 2.75) is 45.7 Å². The summed E-state index contributed by atoms with van der Waals surface area (Å²) >= 11 is 5.75. The zero-order chi connectivity index (χ0) is 20.3. The van der Waals surface area contributed by atoms with Gasteiger partial charge in [0.25, 0.3) is 0 Å². The fourth-order valence-corrected chi connectivity index (χ4v) is 3.44. The maximum Gasteiger partial charge on any atom is 0.173 e. The largest absolute Gasteiger partial charge is 0.345 e. The summed E-state index contributed by atoms with van der Waals surface area (Å²) in [6.45, 7) is 4.76. The number of unbranched alkanes of at least 4 members (excludes halogenated alkanes) is 1. The highest BCUT2D eigenvalue weighted by atomic mass is 32.1. The summed E-state index contributed by atoms with van der Waals surface area (Å²) in [5, 5.41) is 4.16. The van der Waals surface area contributed by atoms with E-state index in [4.69, 9.17) is 12.2 Å². The maximum absolute atomic E-state index is 5.75. The zero-order valence-corrected chi connectivity index (χ0v) is 17.8. The van der Waals surface area contributed by atoms with Gasteiger partial charge < -0.3 is 14.8 Å². The molecule has 0 saturated carbocycles. The van der Waals surface area contributed by atoms with Crippen LogP contribution in [0.5, 0.6) is 0 Å². The number of nitrogens with zero attached hydrogens (tertiary/aromatic N) is 4. The number of rotatable bonds is 10. The van der Waals surface area contributed by atoms with Crippen molar-refractivity contribution in [1.29, 1.82) is 0 Å². The van der Waals surface area contributed by atoms with Gasteiger partial charge in [-0.1, -0.05) is 25.5 Å². The Labute approximate surface area is 178 Å². The lowest BCUT2D eigenvalue weighted by atomic mass is 10.1. The summed E-state index contributed by atoms with van der Waals surface area (Å²) in [7, 11) is 0. The van der Waals surface area contributed by atoms with Crippen LogP contribution in [0.2, 0.25) is 0 Å². The van der Waals surface area contributed by atoms with E-state index in [1.165, 1.54) is 24.0 Å². The number of imidazole rings is 1. The Morgan fingerprint density at radius 3 is 2.48 bits per heavy atom. The van der Waals surface area contributed by atoms with Crippen LogP contribution in [0, 0.1) is 0 Å². The predicted octanol–water partition coefficient (Wildman–Crippen LogP) is 4.91. The Balaban J connectivity index is 1.60. The van der Waals surface area contributed by atoms with Crippen LogP contribution >= 0.6 is 12.2 Å². The zero-order valence-electron chi connectivity index (χ0n) is 17.0. The lowest BCUT2D eigenvalue weighted by Gasteiger charge is -2.26. The second-order valence-corrected chi connectivity index (χ2v) is 7.55. The molecule has 0 aliphatic rings. The van der Waals surface area contributed by atoms with Crippen LogP contribution in [0.3, 0.4) is 0 Å². The summed E-state index contributed by atoms with van der Waals surface area (Å²) in [5.41, 5.74) is 3.60. The highest BCUT2D eigenvalue weighted by molar-refractivity contribution is 7.80. The van der Waals surface area contributed by atoms with Crippen molar-refractivity contribution in [1.82, 2.24) is 19.4 Å². The summed E-state index contributed by atoms with van der Waals surface area (Å²) in [5.74, 6) is 0. The first-order valence-electron chi connectivity index (χ1n) is 10.2. The third-order valence-corrected chi connectivity index (χ3v) is 5.20. The van der Waals surface area contributed by atoms with Crippen molar-refractivity contribution in [2.75, 3.05) is 11.9 Å². The second-order valence-electron chi connectivity index (χ2n) is 7.16. The molecule has 3 aromatic rings. The summed E-state index contributed by atoms with van der Waals surface area (Å²) < 4.78 is 2.09. The van der Waals surface area contributed by atoms with Gasteiger partial charge in [0.2, 0.25) is 0 Å². The molecule has 2 aromatic heterocycles. The molecule has 0 unspecified atom stereocenters. The van der Waals surface area contributed by atoms with Gasteiger partial charge in [-0.15, -0.1) is 0 Å². The van der Waals surface area contributed by atoms with Gasteiger partial charge in [0.05, 0.1) is 6.33 Å². The molecule has 0 aliphatic heterocycles. The molecule has 0 fully saturated rings. The molecule has 0 aliphatic carbocycles. The second kappa shape index (κ2) is 11.3. The molecule has 0 saturated heterocycles. The molecule has 29 heavy (non-hydrogen) atoms. The molecule has 2 heterocycles. The molecule has 152 valence electrons. The van der Waals surface area contributed by atoms with Crippen molar-refractivity contribution in [2.24, 2.45) is 0 Å². The number of aryl methyl sites for hydroxylation is 2. The smallest absolute Gasteiger partial charge is 0.173 e. The lowest BCUT2D eigenvalue weighted by Crippen LogP contribution is -2.35. The van der Waals surface area contributed by atoms with E-state index < -0.39 is 0 Å². The van der Waals surface area contributed by atoms with E-state index in [1.807, 2.05) is 43.2 Å². The van der Waals surface area contributed by atoms with Crippen LogP contribution in [0.25, 0.3) is 0 Å². The quantitative estimate of drug-likeness (QED) is 0.484. The SMILES string of the molecule is CCCCc1ccc(NC(=S)N(CCCn2ccnc2)Cc2ccncc2)cc1. The van der Waals surface area contributed by atoms with Crippen LogP contribution < -0.4 is 5.32 Å². The first kappa shape index (κ1) is 21.0. The number of hydrogen-bond acceptors (Lipinski definition) is 3. The molecule has 5 nitrogen and oxygen atoms in total. The minimum Gasteiger partial charge on any atom is -0.345 e. The molecule has 0 spiro atoms. The first-order chi connectivity index (χ1) is 14.2. The predicted molar refractivity (Wildman–Crippen MR) is 123 cm³/mol. The minimum atomic E-state index is 0.744. The van der Waals surface area contributed by atoms with Crippen molar-refractivity contribution in [3.8, 4) is 0 Å². The highest BCUT2D eigenvalue weighted by Gasteiger charge is 2.11. The Hall–Kier alpha value is -2.73. The van der Waals surface area contributed by atoms with Crippen LogP contribution in [-0.2, 0) is 19.5 Å². The molecule has 3 rings (SSSR count). The van der Waals surface area contributed by atoms with E-state index in [2.05, 4.69) is 55.9 Å². The lowest BCUT2D eigenvalue weighted by molar-refractivity contribution is 0.396. The molecular weight excluding hydrogens is 378 g/mol. The standard InChI is InChI=1S/C23H29N5S/c1-2-3-5-20-6-8-22(9-7-20)26-23(29)28(18-21-10-12-24-13-11-21)16-4-15-27-17-14-25-19-27/h6-14,17,19H,2-5,15-16,18H2,1H3,(H,26,29). The van der Waals surface area contributed by atoms with Crippen LogP contribution in [0.1, 0.15) is 37.3 Å². The Morgan fingerprint density at radius 1 is 1.00 bits per heavy atom. The van der Waals surface area contributed by atoms with Gasteiger partial charge in [0.15, 0.2) is 5.11 Å². The van der Waals surface area contributed by atoms with Crippen molar-refractivity contribution >= 4 is 23.0 Å². The minimum absolute atomic E-state index is 0.744. The van der Waals surface area contributed by atoms with Crippen LogP contribution in [-0.4, -0.2) is 31.1 Å². The van der Waals surface area contributed by atoms with Crippen molar-refractivity contribution < 1.29 is 0 Å². The van der Waals surface area contributed by atoms with Gasteiger partial charge in [0.1, 0.15) is 0 Å². The van der Waals surface area contributed by atoms with Crippen molar-refractivity contribution in [3.05, 3.63) is 78.6 Å². The maximum atomic E-state index is 5.75. The van der Waals surface area contributed by atoms with Gasteiger partial charge >= 0.3 is 0 Å². The molecule has 0 amide bonds. The van der Waals surface area contributed by atoms with E-state index in [0.717, 1.165) is 43.3 Å². The first-order valence-corrected chi connectivity index (χ1v) is 10.6.